The van der Waals surface area contributed by atoms with Crippen molar-refractivity contribution < 1.29 is 8.42 Å². The fourth-order valence-electron chi connectivity index (χ4n) is 2.34. The van der Waals surface area contributed by atoms with E-state index in [1.807, 2.05) is 0 Å². The van der Waals surface area contributed by atoms with Crippen LogP contribution in [0.1, 0.15) is 19.8 Å². The molecule has 2 rings (SSSR count). The summed E-state index contributed by atoms with van der Waals surface area (Å²) in [4.78, 5) is 2.61. The van der Waals surface area contributed by atoms with E-state index in [9.17, 15) is 8.42 Å². The molecule has 1 unspecified atom stereocenters. The minimum absolute atomic E-state index is 0.144. The standard InChI is InChI=1S/C13H21N3O2S/c1-11(16-8-2-3-9-16)10-15-12-4-6-13(7-5-12)19(14,17)18/h4-7,11,15H,2-3,8-10H2,1H3,(H2,14,17,18). The van der Waals surface area contributed by atoms with E-state index in [0.29, 0.717) is 6.04 Å². The molecule has 1 aromatic rings. The highest BCUT2D eigenvalue weighted by Gasteiger charge is 2.17. The third-order valence-corrected chi connectivity index (χ3v) is 4.48. The molecule has 1 heterocycles. The van der Waals surface area contributed by atoms with Crippen LogP contribution < -0.4 is 10.5 Å². The van der Waals surface area contributed by atoms with Crippen LogP contribution in [0.5, 0.6) is 0 Å². The number of likely N-dealkylation sites (tertiary alicyclic amines) is 1. The molecule has 0 radical (unpaired) electrons. The van der Waals surface area contributed by atoms with Crippen LogP contribution in [0.3, 0.4) is 0 Å². The Labute approximate surface area is 114 Å². The van der Waals surface area contributed by atoms with Gasteiger partial charge in [-0.25, -0.2) is 13.6 Å². The molecule has 6 heteroatoms. The number of rotatable bonds is 5. The van der Waals surface area contributed by atoms with E-state index in [1.54, 1.807) is 12.1 Å². The first-order valence-electron chi connectivity index (χ1n) is 6.57. The average molecular weight is 283 g/mol. The van der Waals surface area contributed by atoms with Crippen molar-refractivity contribution >= 4 is 15.7 Å². The van der Waals surface area contributed by atoms with Crippen molar-refractivity contribution in [2.75, 3.05) is 25.0 Å². The van der Waals surface area contributed by atoms with Gasteiger partial charge in [0.25, 0.3) is 0 Å². The quantitative estimate of drug-likeness (QED) is 0.852. The second-order valence-corrected chi connectivity index (χ2v) is 6.60. The van der Waals surface area contributed by atoms with Crippen LogP contribution in [0.15, 0.2) is 29.2 Å². The Morgan fingerprint density at radius 3 is 2.37 bits per heavy atom. The van der Waals surface area contributed by atoms with Crippen molar-refractivity contribution in [3.63, 3.8) is 0 Å². The first kappa shape index (κ1) is 14.3. The molecule has 0 bridgehead atoms. The maximum Gasteiger partial charge on any atom is 0.238 e. The summed E-state index contributed by atoms with van der Waals surface area (Å²) in [6.07, 6.45) is 2.57. The predicted octanol–water partition coefficient (Wildman–Crippen LogP) is 1.23. The van der Waals surface area contributed by atoms with E-state index >= 15 is 0 Å². The smallest absolute Gasteiger partial charge is 0.238 e. The Kier molecular flexibility index (Phi) is 4.44. The van der Waals surface area contributed by atoms with Gasteiger partial charge in [-0.05, 0) is 57.1 Å². The minimum Gasteiger partial charge on any atom is -0.383 e. The molecule has 5 nitrogen and oxygen atoms in total. The molecule has 1 aromatic carbocycles. The second-order valence-electron chi connectivity index (χ2n) is 5.04. The maximum absolute atomic E-state index is 11.1. The van der Waals surface area contributed by atoms with Crippen molar-refractivity contribution in [2.24, 2.45) is 5.14 Å². The van der Waals surface area contributed by atoms with Gasteiger partial charge in [0.15, 0.2) is 0 Å². The number of nitrogens with two attached hydrogens (primary N) is 1. The zero-order valence-corrected chi connectivity index (χ0v) is 12.0. The van der Waals surface area contributed by atoms with Gasteiger partial charge in [-0.15, -0.1) is 0 Å². The van der Waals surface area contributed by atoms with Crippen molar-refractivity contribution in [2.45, 2.75) is 30.7 Å². The van der Waals surface area contributed by atoms with Gasteiger partial charge >= 0.3 is 0 Å². The predicted molar refractivity (Wildman–Crippen MR) is 76.6 cm³/mol. The molecule has 1 aliphatic heterocycles. The Bertz CT molecular complexity index is 507. The summed E-state index contributed by atoms with van der Waals surface area (Å²) >= 11 is 0. The van der Waals surface area contributed by atoms with Crippen molar-refractivity contribution in [3.05, 3.63) is 24.3 Å². The van der Waals surface area contributed by atoms with Crippen LogP contribution in [0.2, 0.25) is 0 Å². The lowest BCUT2D eigenvalue weighted by molar-refractivity contribution is 0.269. The van der Waals surface area contributed by atoms with Crippen LogP contribution >= 0.6 is 0 Å². The van der Waals surface area contributed by atoms with E-state index in [0.717, 1.165) is 12.2 Å². The zero-order chi connectivity index (χ0) is 13.9. The van der Waals surface area contributed by atoms with Gasteiger partial charge in [0.05, 0.1) is 4.90 Å². The Balaban J connectivity index is 1.89. The maximum atomic E-state index is 11.1. The largest absolute Gasteiger partial charge is 0.383 e. The molecule has 0 spiro atoms. The Hall–Kier alpha value is -1.11. The van der Waals surface area contributed by atoms with Gasteiger partial charge in [0.1, 0.15) is 0 Å². The number of primary sulfonamides is 1. The Morgan fingerprint density at radius 2 is 1.84 bits per heavy atom. The molecule has 1 saturated heterocycles. The third-order valence-electron chi connectivity index (χ3n) is 3.55. The lowest BCUT2D eigenvalue weighted by Gasteiger charge is -2.24. The number of nitrogens with zero attached hydrogens (tertiary/aromatic N) is 1. The van der Waals surface area contributed by atoms with Gasteiger partial charge in [-0.2, -0.15) is 0 Å². The van der Waals surface area contributed by atoms with Gasteiger partial charge in [-0.1, -0.05) is 0 Å². The highest BCUT2D eigenvalue weighted by molar-refractivity contribution is 7.89. The number of benzene rings is 1. The normalized spacial score (nSPS) is 18.4. The summed E-state index contributed by atoms with van der Waals surface area (Å²) in [5.74, 6) is 0. The van der Waals surface area contributed by atoms with E-state index in [1.165, 1.54) is 38.1 Å². The third kappa shape index (κ3) is 3.92. The molecule has 106 valence electrons. The van der Waals surface area contributed by atoms with E-state index in [4.69, 9.17) is 5.14 Å². The van der Waals surface area contributed by atoms with E-state index in [-0.39, 0.29) is 4.90 Å². The van der Waals surface area contributed by atoms with Crippen LogP contribution in [-0.2, 0) is 10.0 Å². The van der Waals surface area contributed by atoms with Crippen LogP contribution in [0.25, 0.3) is 0 Å². The zero-order valence-electron chi connectivity index (χ0n) is 11.2. The summed E-state index contributed by atoms with van der Waals surface area (Å²) in [7, 11) is -3.60. The Morgan fingerprint density at radius 1 is 1.26 bits per heavy atom. The number of anilines is 1. The van der Waals surface area contributed by atoms with Gasteiger partial charge in [0.2, 0.25) is 10.0 Å². The molecule has 19 heavy (non-hydrogen) atoms. The van der Waals surface area contributed by atoms with Crippen molar-refractivity contribution in [3.8, 4) is 0 Å². The molecule has 1 aliphatic rings. The molecule has 1 atom stereocenters. The minimum atomic E-state index is -3.60. The topological polar surface area (TPSA) is 75.4 Å². The number of sulfonamides is 1. The molecule has 3 N–H and O–H groups in total. The summed E-state index contributed by atoms with van der Waals surface area (Å²) in [5, 5.41) is 8.38. The highest BCUT2D eigenvalue weighted by Crippen LogP contribution is 2.15. The summed E-state index contributed by atoms with van der Waals surface area (Å²) in [5.41, 5.74) is 0.915. The fraction of sp³-hybridized carbons (Fsp3) is 0.538. The van der Waals surface area contributed by atoms with Gasteiger partial charge in [0, 0.05) is 18.3 Å². The van der Waals surface area contributed by atoms with Gasteiger partial charge < -0.3 is 5.32 Å². The summed E-state index contributed by atoms with van der Waals surface area (Å²) in [6, 6.07) is 7.03. The second kappa shape index (κ2) is 5.90. The first-order valence-corrected chi connectivity index (χ1v) is 8.12. The summed E-state index contributed by atoms with van der Waals surface area (Å²) < 4.78 is 22.3. The SMILES string of the molecule is CC(CNc1ccc(S(N)(=O)=O)cc1)N1CCCC1. The molecule has 0 aromatic heterocycles. The van der Waals surface area contributed by atoms with E-state index < -0.39 is 10.0 Å². The highest BCUT2D eigenvalue weighted by atomic mass is 32.2. The molecule has 0 saturated carbocycles. The fourth-order valence-corrected chi connectivity index (χ4v) is 2.85. The van der Waals surface area contributed by atoms with Crippen LogP contribution in [0, 0.1) is 0 Å². The van der Waals surface area contributed by atoms with Crippen LogP contribution in [-0.4, -0.2) is 39.0 Å². The van der Waals surface area contributed by atoms with Gasteiger partial charge in [-0.3, -0.25) is 4.90 Å². The first-order chi connectivity index (χ1) is 8.97. The van der Waals surface area contributed by atoms with E-state index in [2.05, 4.69) is 17.1 Å². The lowest BCUT2D eigenvalue weighted by Crippen LogP contribution is -2.35. The molecule has 1 fully saturated rings. The monoisotopic (exact) mass is 283 g/mol. The summed E-state index contributed by atoms with van der Waals surface area (Å²) in [6.45, 7) is 5.41. The number of hydrogen-bond donors (Lipinski definition) is 2. The number of nitrogens with one attached hydrogen (secondary N) is 1. The van der Waals surface area contributed by atoms with Crippen LogP contribution in [0.4, 0.5) is 5.69 Å². The molecule has 0 amide bonds. The molecule has 0 aliphatic carbocycles. The lowest BCUT2D eigenvalue weighted by atomic mass is 10.2. The molecular weight excluding hydrogens is 262 g/mol. The van der Waals surface area contributed by atoms with Crippen molar-refractivity contribution in [1.82, 2.24) is 4.90 Å². The molecular formula is C13H21N3O2S. The average Bonchev–Trinajstić information content (AvgIpc) is 2.89. The van der Waals surface area contributed by atoms with Crippen molar-refractivity contribution in [1.29, 1.82) is 0 Å². The number of hydrogen-bond acceptors (Lipinski definition) is 4.